The number of para-hydroxylation sites is 1. The summed E-state index contributed by atoms with van der Waals surface area (Å²) in [5.41, 5.74) is 1.31. The zero-order valence-electron chi connectivity index (χ0n) is 12.7. The van der Waals surface area contributed by atoms with Crippen LogP contribution in [0.3, 0.4) is 0 Å². The Morgan fingerprint density at radius 1 is 0.955 bits per heavy atom. The van der Waals surface area contributed by atoms with E-state index in [1.807, 2.05) is 0 Å². The fourth-order valence-electron chi connectivity index (χ4n) is 2.07. The van der Waals surface area contributed by atoms with Crippen LogP contribution in [-0.2, 0) is 4.79 Å². The topological polar surface area (TPSA) is 64.6 Å². The van der Waals surface area contributed by atoms with Crippen molar-refractivity contribution < 1.29 is 19.1 Å². The van der Waals surface area contributed by atoms with Crippen molar-refractivity contribution in [2.24, 2.45) is 0 Å². The Morgan fingerprint density at radius 2 is 1.55 bits per heavy atom. The number of ketones is 1. The molecule has 114 valence electrons. The number of ether oxygens (including phenoxy) is 2. The Morgan fingerprint density at radius 3 is 2.09 bits per heavy atom. The van der Waals surface area contributed by atoms with Gasteiger partial charge in [-0.05, 0) is 24.3 Å². The van der Waals surface area contributed by atoms with Crippen molar-refractivity contribution in [1.29, 1.82) is 0 Å². The van der Waals surface area contributed by atoms with Gasteiger partial charge in [-0.15, -0.1) is 0 Å². The van der Waals surface area contributed by atoms with Crippen molar-refractivity contribution in [2.45, 2.75) is 6.92 Å². The summed E-state index contributed by atoms with van der Waals surface area (Å²) in [7, 11) is 3.04. The van der Waals surface area contributed by atoms with Crippen LogP contribution in [0.5, 0.6) is 11.5 Å². The quantitative estimate of drug-likeness (QED) is 0.862. The zero-order chi connectivity index (χ0) is 16.1. The van der Waals surface area contributed by atoms with E-state index in [4.69, 9.17) is 9.47 Å². The normalized spacial score (nSPS) is 9.95. The first-order chi connectivity index (χ1) is 10.5. The molecule has 1 amide bonds. The SMILES string of the molecule is COc1cc(OC)cc(C(=O)c2ccccc2NC(C)=O)c1. The minimum Gasteiger partial charge on any atom is -0.497 e. The van der Waals surface area contributed by atoms with Gasteiger partial charge in [0.25, 0.3) is 0 Å². The molecule has 0 bridgehead atoms. The van der Waals surface area contributed by atoms with Gasteiger partial charge in [0.2, 0.25) is 5.91 Å². The number of anilines is 1. The molecule has 5 nitrogen and oxygen atoms in total. The third-order valence-electron chi connectivity index (χ3n) is 3.10. The fraction of sp³-hybridized carbons (Fsp3) is 0.176. The summed E-state index contributed by atoms with van der Waals surface area (Å²) >= 11 is 0. The third kappa shape index (κ3) is 3.44. The number of amides is 1. The van der Waals surface area contributed by atoms with E-state index in [0.717, 1.165) is 0 Å². The average molecular weight is 299 g/mol. The molecule has 0 fully saturated rings. The predicted molar refractivity (Wildman–Crippen MR) is 83.7 cm³/mol. The maximum absolute atomic E-state index is 12.7. The summed E-state index contributed by atoms with van der Waals surface area (Å²) in [4.78, 5) is 24.0. The number of nitrogens with one attached hydrogen (secondary N) is 1. The van der Waals surface area contributed by atoms with E-state index >= 15 is 0 Å². The Labute approximate surface area is 128 Å². The Balaban J connectivity index is 2.46. The van der Waals surface area contributed by atoms with Crippen LogP contribution in [-0.4, -0.2) is 25.9 Å². The van der Waals surface area contributed by atoms with E-state index in [1.54, 1.807) is 42.5 Å². The van der Waals surface area contributed by atoms with Gasteiger partial charge in [0.05, 0.1) is 19.9 Å². The number of carbonyl (C=O) groups is 2. The second kappa shape index (κ2) is 6.76. The van der Waals surface area contributed by atoms with Crippen molar-refractivity contribution >= 4 is 17.4 Å². The van der Waals surface area contributed by atoms with Gasteiger partial charge in [-0.1, -0.05) is 12.1 Å². The summed E-state index contributed by atoms with van der Waals surface area (Å²) in [6.45, 7) is 1.40. The molecular weight excluding hydrogens is 282 g/mol. The molecule has 0 aromatic heterocycles. The maximum atomic E-state index is 12.7. The summed E-state index contributed by atoms with van der Waals surface area (Å²) in [5, 5.41) is 2.66. The highest BCUT2D eigenvalue weighted by Gasteiger charge is 2.16. The van der Waals surface area contributed by atoms with E-state index in [-0.39, 0.29) is 11.7 Å². The highest BCUT2D eigenvalue weighted by molar-refractivity contribution is 6.14. The van der Waals surface area contributed by atoms with E-state index < -0.39 is 0 Å². The molecule has 2 rings (SSSR count). The van der Waals surface area contributed by atoms with Gasteiger partial charge in [0.15, 0.2) is 5.78 Å². The standard InChI is InChI=1S/C17H17NO4/c1-11(19)18-16-7-5-4-6-15(16)17(20)12-8-13(21-2)10-14(9-12)22-3/h4-10H,1-3H3,(H,18,19). The summed E-state index contributed by atoms with van der Waals surface area (Å²) in [5.74, 6) is 0.601. The molecule has 0 spiro atoms. The van der Waals surface area contributed by atoms with Crippen LogP contribution < -0.4 is 14.8 Å². The highest BCUT2D eigenvalue weighted by Crippen LogP contribution is 2.26. The molecular formula is C17H17NO4. The lowest BCUT2D eigenvalue weighted by atomic mass is 10.0. The number of rotatable bonds is 5. The monoisotopic (exact) mass is 299 g/mol. The molecule has 2 aromatic carbocycles. The van der Waals surface area contributed by atoms with E-state index in [2.05, 4.69) is 5.32 Å². The molecule has 0 aliphatic heterocycles. The smallest absolute Gasteiger partial charge is 0.221 e. The van der Waals surface area contributed by atoms with Gasteiger partial charge in [-0.25, -0.2) is 0 Å². The van der Waals surface area contributed by atoms with Gasteiger partial charge in [-0.2, -0.15) is 0 Å². The Bertz CT molecular complexity index is 687. The molecule has 0 radical (unpaired) electrons. The third-order valence-corrected chi connectivity index (χ3v) is 3.10. The molecule has 5 heteroatoms. The van der Waals surface area contributed by atoms with Crippen LogP contribution in [0, 0.1) is 0 Å². The molecule has 2 aromatic rings. The minimum atomic E-state index is -0.233. The van der Waals surface area contributed by atoms with Crippen LogP contribution in [0.15, 0.2) is 42.5 Å². The predicted octanol–water partition coefficient (Wildman–Crippen LogP) is 2.89. The molecule has 0 aliphatic carbocycles. The molecule has 0 atom stereocenters. The average Bonchev–Trinajstić information content (AvgIpc) is 2.53. The first-order valence-corrected chi connectivity index (χ1v) is 6.69. The van der Waals surface area contributed by atoms with E-state index in [1.165, 1.54) is 21.1 Å². The Hall–Kier alpha value is -2.82. The zero-order valence-corrected chi connectivity index (χ0v) is 12.7. The maximum Gasteiger partial charge on any atom is 0.221 e. The minimum absolute atomic E-state index is 0.221. The van der Waals surface area contributed by atoms with E-state index in [9.17, 15) is 9.59 Å². The number of benzene rings is 2. The molecule has 0 aliphatic rings. The fourth-order valence-corrected chi connectivity index (χ4v) is 2.07. The molecule has 0 saturated carbocycles. The first-order valence-electron chi connectivity index (χ1n) is 6.69. The van der Waals surface area contributed by atoms with Crippen LogP contribution >= 0.6 is 0 Å². The van der Waals surface area contributed by atoms with Crippen LogP contribution in [0.2, 0.25) is 0 Å². The highest BCUT2D eigenvalue weighted by atomic mass is 16.5. The number of carbonyl (C=O) groups excluding carboxylic acids is 2. The van der Waals surface area contributed by atoms with Gasteiger partial charge < -0.3 is 14.8 Å². The largest absolute Gasteiger partial charge is 0.497 e. The van der Waals surface area contributed by atoms with Gasteiger partial charge in [0, 0.05) is 24.1 Å². The Kier molecular flexibility index (Phi) is 4.78. The lowest BCUT2D eigenvalue weighted by molar-refractivity contribution is -0.114. The van der Waals surface area contributed by atoms with Crippen LogP contribution in [0.1, 0.15) is 22.8 Å². The van der Waals surface area contributed by atoms with E-state index in [0.29, 0.717) is 28.3 Å². The van der Waals surface area contributed by atoms with Crippen molar-refractivity contribution in [3.05, 3.63) is 53.6 Å². The van der Waals surface area contributed by atoms with Crippen molar-refractivity contribution in [3.8, 4) is 11.5 Å². The summed E-state index contributed by atoms with van der Waals surface area (Å²) in [6, 6.07) is 11.8. The second-order valence-corrected chi connectivity index (χ2v) is 4.66. The number of hydrogen-bond acceptors (Lipinski definition) is 4. The van der Waals surface area contributed by atoms with Gasteiger partial charge in [0.1, 0.15) is 11.5 Å². The molecule has 0 saturated heterocycles. The number of hydrogen-bond donors (Lipinski definition) is 1. The number of methoxy groups -OCH3 is 2. The molecule has 1 N–H and O–H groups in total. The summed E-state index contributed by atoms with van der Waals surface area (Å²) < 4.78 is 10.4. The van der Waals surface area contributed by atoms with Gasteiger partial charge >= 0.3 is 0 Å². The molecule has 22 heavy (non-hydrogen) atoms. The molecule has 0 unspecified atom stereocenters. The van der Waals surface area contributed by atoms with Crippen molar-refractivity contribution in [1.82, 2.24) is 0 Å². The van der Waals surface area contributed by atoms with Crippen molar-refractivity contribution in [2.75, 3.05) is 19.5 Å². The molecule has 0 heterocycles. The summed E-state index contributed by atoms with van der Waals surface area (Å²) in [6.07, 6.45) is 0. The van der Waals surface area contributed by atoms with Gasteiger partial charge in [-0.3, -0.25) is 9.59 Å². The lowest BCUT2D eigenvalue weighted by Crippen LogP contribution is -2.11. The van der Waals surface area contributed by atoms with Crippen molar-refractivity contribution in [3.63, 3.8) is 0 Å². The van der Waals surface area contributed by atoms with Crippen LogP contribution in [0.4, 0.5) is 5.69 Å². The lowest BCUT2D eigenvalue weighted by Gasteiger charge is -2.11. The first kappa shape index (κ1) is 15.6. The van der Waals surface area contributed by atoms with Crippen LogP contribution in [0.25, 0.3) is 0 Å². The second-order valence-electron chi connectivity index (χ2n) is 4.66.